The number of amides is 5. The van der Waals surface area contributed by atoms with E-state index in [-0.39, 0.29) is 18.1 Å². The molecule has 0 unspecified atom stereocenters. The summed E-state index contributed by atoms with van der Waals surface area (Å²) in [5.74, 6) is -1.61. The first kappa shape index (κ1) is 25.4. The predicted molar refractivity (Wildman–Crippen MR) is 141 cm³/mol. The zero-order valence-corrected chi connectivity index (χ0v) is 21.0. The van der Waals surface area contributed by atoms with Crippen molar-refractivity contribution in [2.45, 2.75) is 27.7 Å². The highest BCUT2D eigenvalue weighted by Crippen LogP contribution is 2.27. The number of nitrogens with zero attached hydrogens (tertiary/aromatic N) is 1. The smallest absolute Gasteiger partial charge is 0.335 e. The summed E-state index contributed by atoms with van der Waals surface area (Å²) in [6.07, 6.45) is 1.36. The number of ether oxygens (including phenoxy) is 1. The maximum Gasteiger partial charge on any atom is 0.335 e. The van der Waals surface area contributed by atoms with Gasteiger partial charge in [-0.15, -0.1) is 0 Å². The summed E-state index contributed by atoms with van der Waals surface area (Å²) in [7, 11) is 0. The minimum atomic E-state index is -0.817. The standard InChI is InChI=1S/C29H27N3O5/c1-17-9-12-24(20(4)13-17)30-26(33)16-37-25-8-6-5-7-21(25)15-23-27(34)31-29(36)32(28(23)35)22-11-10-18(2)19(3)14-22/h5-15H,16H2,1-4H3,(H,30,33)(H,31,34,36)/b23-15-. The predicted octanol–water partition coefficient (Wildman–Crippen LogP) is 4.60. The molecule has 1 heterocycles. The van der Waals surface area contributed by atoms with Gasteiger partial charge < -0.3 is 10.1 Å². The van der Waals surface area contributed by atoms with Crippen LogP contribution in [0.3, 0.4) is 0 Å². The minimum Gasteiger partial charge on any atom is -0.483 e. The van der Waals surface area contributed by atoms with Crippen molar-refractivity contribution in [3.05, 3.63) is 94.1 Å². The molecular weight excluding hydrogens is 470 g/mol. The first-order valence-electron chi connectivity index (χ1n) is 11.7. The number of para-hydroxylation sites is 1. The molecule has 1 aliphatic rings. The quantitative estimate of drug-likeness (QED) is 0.382. The Kier molecular flexibility index (Phi) is 7.20. The first-order valence-corrected chi connectivity index (χ1v) is 11.7. The molecule has 8 heteroatoms. The summed E-state index contributed by atoms with van der Waals surface area (Å²) >= 11 is 0. The number of rotatable bonds is 6. The maximum atomic E-state index is 13.3. The number of hydrogen-bond donors (Lipinski definition) is 2. The van der Waals surface area contributed by atoms with E-state index in [0.717, 1.165) is 27.2 Å². The van der Waals surface area contributed by atoms with Gasteiger partial charge in [0.25, 0.3) is 17.7 Å². The van der Waals surface area contributed by atoms with Crippen LogP contribution in [-0.2, 0) is 14.4 Å². The van der Waals surface area contributed by atoms with Crippen LogP contribution < -0.4 is 20.3 Å². The fourth-order valence-electron chi connectivity index (χ4n) is 3.93. The van der Waals surface area contributed by atoms with Crippen molar-refractivity contribution >= 4 is 41.2 Å². The van der Waals surface area contributed by atoms with Crippen molar-refractivity contribution in [1.29, 1.82) is 0 Å². The summed E-state index contributed by atoms with van der Waals surface area (Å²) in [4.78, 5) is 51.8. The molecule has 0 saturated carbocycles. The Labute approximate surface area is 214 Å². The number of carbonyl (C=O) groups excluding carboxylic acids is 4. The third-order valence-electron chi connectivity index (χ3n) is 6.08. The van der Waals surface area contributed by atoms with Gasteiger partial charge in [-0.2, -0.15) is 0 Å². The number of carbonyl (C=O) groups is 4. The summed E-state index contributed by atoms with van der Waals surface area (Å²) in [6.45, 7) is 7.40. The normalized spacial score (nSPS) is 14.5. The molecule has 1 saturated heterocycles. The molecule has 1 aliphatic heterocycles. The van der Waals surface area contributed by atoms with Crippen LogP contribution in [0.5, 0.6) is 5.75 Å². The average molecular weight is 498 g/mol. The largest absolute Gasteiger partial charge is 0.483 e. The minimum absolute atomic E-state index is 0.228. The summed E-state index contributed by atoms with van der Waals surface area (Å²) in [5, 5.41) is 5.04. The van der Waals surface area contributed by atoms with Crippen LogP contribution >= 0.6 is 0 Å². The third-order valence-corrected chi connectivity index (χ3v) is 6.08. The number of benzene rings is 3. The van der Waals surface area contributed by atoms with Crippen LogP contribution in [0.4, 0.5) is 16.2 Å². The van der Waals surface area contributed by atoms with Crippen molar-refractivity contribution in [3.8, 4) is 5.75 Å². The van der Waals surface area contributed by atoms with Crippen molar-refractivity contribution in [2.75, 3.05) is 16.8 Å². The fourth-order valence-corrected chi connectivity index (χ4v) is 3.93. The summed E-state index contributed by atoms with van der Waals surface area (Å²) in [5.41, 5.74) is 5.16. The number of imide groups is 2. The lowest BCUT2D eigenvalue weighted by atomic mass is 10.0. The van der Waals surface area contributed by atoms with Crippen LogP contribution in [0.15, 0.2) is 66.2 Å². The van der Waals surface area contributed by atoms with Gasteiger partial charge in [-0.3, -0.25) is 19.7 Å². The fraction of sp³-hybridized carbons (Fsp3) is 0.172. The molecular formula is C29H27N3O5. The number of barbiturate groups is 1. The van der Waals surface area contributed by atoms with Gasteiger partial charge in [0.05, 0.1) is 5.69 Å². The molecule has 0 radical (unpaired) electrons. The lowest BCUT2D eigenvalue weighted by molar-refractivity contribution is -0.122. The monoisotopic (exact) mass is 497 g/mol. The van der Waals surface area contributed by atoms with Crippen LogP contribution in [0.1, 0.15) is 27.8 Å². The Morgan fingerprint density at radius 1 is 0.919 bits per heavy atom. The molecule has 3 aromatic rings. The van der Waals surface area contributed by atoms with E-state index >= 15 is 0 Å². The molecule has 0 bridgehead atoms. The van der Waals surface area contributed by atoms with E-state index in [0.29, 0.717) is 22.7 Å². The number of nitrogens with one attached hydrogen (secondary N) is 2. The Morgan fingerprint density at radius 3 is 2.41 bits per heavy atom. The van der Waals surface area contributed by atoms with Crippen LogP contribution in [0.2, 0.25) is 0 Å². The van der Waals surface area contributed by atoms with E-state index in [1.807, 2.05) is 45.9 Å². The molecule has 2 N–H and O–H groups in total. The van der Waals surface area contributed by atoms with Crippen molar-refractivity contribution in [3.63, 3.8) is 0 Å². The molecule has 37 heavy (non-hydrogen) atoms. The molecule has 0 spiro atoms. The van der Waals surface area contributed by atoms with E-state index in [1.54, 1.807) is 42.5 Å². The van der Waals surface area contributed by atoms with Gasteiger partial charge in [0.2, 0.25) is 0 Å². The van der Waals surface area contributed by atoms with E-state index in [9.17, 15) is 19.2 Å². The van der Waals surface area contributed by atoms with Crippen LogP contribution in [0, 0.1) is 27.7 Å². The second kappa shape index (κ2) is 10.5. The van der Waals surface area contributed by atoms with Gasteiger partial charge in [-0.25, -0.2) is 9.69 Å². The maximum absolute atomic E-state index is 13.3. The van der Waals surface area contributed by atoms with E-state index in [1.165, 1.54) is 6.08 Å². The molecule has 1 fully saturated rings. The molecule has 0 atom stereocenters. The lowest BCUT2D eigenvalue weighted by Crippen LogP contribution is -2.54. The SMILES string of the molecule is Cc1ccc(NC(=O)COc2ccccc2/C=C2/C(=O)NC(=O)N(c3ccc(C)c(C)c3)C2=O)c(C)c1. The zero-order valence-electron chi connectivity index (χ0n) is 21.0. The second-order valence-corrected chi connectivity index (χ2v) is 8.92. The van der Waals surface area contributed by atoms with Gasteiger partial charge in [-0.05, 0) is 74.7 Å². The highest BCUT2D eigenvalue weighted by molar-refractivity contribution is 6.39. The van der Waals surface area contributed by atoms with Crippen LogP contribution in [0.25, 0.3) is 6.08 Å². The molecule has 8 nitrogen and oxygen atoms in total. The van der Waals surface area contributed by atoms with E-state index in [2.05, 4.69) is 10.6 Å². The number of hydrogen-bond acceptors (Lipinski definition) is 5. The molecule has 188 valence electrons. The molecule has 4 rings (SSSR count). The zero-order chi connectivity index (χ0) is 26.7. The van der Waals surface area contributed by atoms with Crippen molar-refractivity contribution in [2.24, 2.45) is 0 Å². The van der Waals surface area contributed by atoms with Gasteiger partial charge in [0.15, 0.2) is 6.61 Å². The molecule has 0 aromatic heterocycles. The number of anilines is 2. The third kappa shape index (κ3) is 5.59. The van der Waals surface area contributed by atoms with Gasteiger partial charge >= 0.3 is 6.03 Å². The van der Waals surface area contributed by atoms with E-state index < -0.39 is 17.8 Å². The number of aryl methyl sites for hydroxylation is 4. The topological polar surface area (TPSA) is 105 Å². The van der Waals surface area contributed by atoms with Gasteiger partial charge in [0.1, 0.15) is 11.3 Å². The van der Waals surface area contributed by atoms with Crippen molar-refractivity contribution < 1.29 is 23.9 Å². The molecule has 5 amide bonds. The summed E-state index contributed by atoms with van der Waals surface area (Å²) in [6, 6.07) is 16.8. The van der Waals surface area contributed by atoms with Gasteiger partial charge in [-0.1, -0.05) is 42.0 Å². The van der Waals surface area contributed by atoms with E-state index in [4.69, 9.17) is 4.74 Å². The Morgan fingerprint density at radius 2 is 1.68 bits per heavy atom. The Hall–Kier alpha value is -4.72. The highest BCUT2D eigenvalue weighted by atomic mass is 16.5. The second-order valence-electron chi connectivity index (χ2n) is 8.92. The Balaban J connectivity index is 1.55. The van der Waals surface area contributed by atoms with Crippen LogP contribution in [-0.4, -0.2) is 30.4 Å². The lowest BCUT2D eigenvalue weighted by Gasteiger charge is -2.27. The first-order chi connectivity index (χ1) is 17.6. The average Bonchev–Trinajstić information content (AvgIpc) is 2.85. The highest BCUT2D eigenvalue weighted by Gasteiger charge is 2.37. The van der Waals surface area contributed by atoms with Crippen molar-refractivity contribution in [1.82, 2.24) is 5.32 Å². The number of urea groups is 1. The summed E-state index contributed by atoms with van der Waals surface area (Å²) < 4.78 is 5.73. The molecule has 3 aromatic carbocycles. The Bertz CT molecular complexity index is 1460. The van der Waals surface area contributed by atoms with Gasteiger partial charge in [0, 0.05) is 11.3 Å². The molecule has 0 aliphatic carbocycles.